The molecule has 2 N–H and O–H groups in total. The molecule has 0 atom stereocenters. The first-order valence-electron chi connectivity index (χ1n) is 6.53. The molecule has 2 nitrogen and oxygen atoms in total. The highest BCUT2D eigenvalue weighted by molar-refractivity contribution is 9.10. The predicted octanol–water partition coefficient (Wildman–Crippen LogP) is 3.39. The maximum absolute atomic E-state index is 6.54. The van der Waals surface area contributed by atoms with E-state index in [0.29, 0.717) is 0 Å². The van der Waals surface area contributed by atoms with Crippen molar-refractivity contribution in [3.05, 3.63) is 28.2 Å². The lowest BCUT2D eigenvalue weighted by molar-refractivity contribution is 0.253. The van der Waals surface area contributed by atoms with Crippen molar-refractivity contribution in [2.75, 3.05) is 18.0 Å². The van der Waals surface area contributed by atoms with Gasteiger partial charge in [-0.1, -0.05) is 22.0 Å². The van der Waals surface area contributed by atoms with Crippen LogP contribution in [-0.2, 0) is 5.54 Å². The van der Waals surface area contributed by atoms with Crippen LogP contribution in [0, 0.1) is 0 Å². The molecule has 1 saturated heterocycles. The topological polar surface area (TPSA) is 29.3 Å². The summed E-state index contributed by atoms with van der Waals surface area (Å²) in [5, 5.41) is 0. The Labute approximate surface area is 111 Å². The molecule has 1 aliphatic heterocycles. The van der Waals surface area contributed by atoms with Gasteiger partial charge < -0.3 is 10.6 Å². The third kappa shape index (κ3) is 1.89. The lowest BCUT2D eigenvalue weighted by Crippen LogP contribution is -2.44. The van der Waals surface area contributed by atoms with Gasteiger partial charge in [0.05, 0.1) is 0 Å². The van der Waals surface area contributed by atoms with Crippen molar-refractivity contribution < 1.29 is 0 Å². The van der Waals surface area contributed by atoms with Crippen LogP contribution in [0.3, 0.4) is 0 Å². The number of hydrogen-bond donors (Lipinski definition) is 1. The molecule has 0 spiro atoms. The highest BCUT2D eigenvalue weighted by Crippen LogP contribution is 2.46. The number of hydrogen-bond acceptors (Lipinski definition) is 2. The van der Waals surface area contributed by atoms with Gasteiger partial charge in [-0.05, 0) is 44.2 Å². The molecule has 3 rings (SSSR count). The quantitative estimate of drug-likeness (QED) is 0.906. The molecule has 17 heavy (non-hydrogen) atoms. The van der Waals surface area contributed by atoms with Crippen LogP contribution in [0.25, 0.3) is 0 Å². The maximum Gasteiger partial charge on any atom is 0.0441 e. The van der Waals surface area contributed by atoms with Gasteiger partial charge in [0.25, 0.3) is 0 Å². The molecule has 0 radical (unpaired) electrons. The van der Waals surface area contributed by atoms with E-state index in [4.69, 9.17) is 5.73 Å². The highest BCUT2D eigenvalue weighted by atomic mass is 79.9. The summed E-state index contributed by atoms with van der Waals surface area (Å²) in [5.41, 5.74) is 9.15. The first-order valence-corrected chi connectivity index (χ1v) is 7.33. The van der Waals surface area contributed by atoms with E-state index in [0.717, 1.165) is 12.8 Å². The van der Waals surface area contributed by atoms with Crippen molar-refractivity contribution in [3.63, 3.8) is 0 Å². The van der Waals surface area contributed by atoms with E-state index in [1.54, 1.807) is 0 Å². The van der Waals surface area contributed by atoms with Crippen molar-refractivity contribution >= 4 is 21.6 Å². The Morgan fingerprint density at radius 3 is 2.41 bits per heavy atom. The molecule has 1 aromatic carbocycles. The molecule has 1 aromatic rings. The van der Waals surface area contributed by atoms with Crippen molar-refractivity contribution in [2.24, 2.45) is 5.73 Å². The van der Waals surface area contributed by atoms with Gasteiger partial charge in [0.1, 0.15) is 0 Å². The van der Waals surface area contributed by atoms with Gasteiger partial charge in [-0.25, -0.2) is 0 Å². The van der Waals surface area contributed by atoms with E-state index in [-0.39, 0.29) is 5.54 Å². The molecule has 92 valence electrons. The molecular weight excluding hydrogens is 276 g/mol. The van der Waals surface area contributed by atoms with Crippen LogP contribution in [-0.4, -0.2) is 13.1 Å². The van der Waals surface area contributed by atoms with E-state index in [1.807, 2.05) is 0 Å². The first-order chi connectivity index (χ1) is 8.21. The van der Waals surface area contributed by atoms with Crippen molar-refractivity contribution in [1.29, 1.82) is 0 Å². The predicted molar refractivity (Wildman–Crippen MR) is 75.3 cm³/mol. The average Bonchev–Trinajstić information content (AvgIpc) is 2.79. The van der Waals surface area contributed by atoms with Crippen LogP contribution in [0.2, 0.25) is 0 Å². The van der Waals surface area contributed by atoms with E-state index in [9.17, 15) is 0 Å². The summed E-state index contributed by atoms with van der Waals surface area (Å²) in [7, 11) is 0. The summed E-state index contributed by atoms with van der Waals surface area (Å²) in [4.78, 5) is 2.49. The Morgan fingerprint density at radius 2 is 1.82 bits per heavy atom. The SMILES string of the molecule is NC1(c2c(Br)cccc2N2CCCC2)CCC1. The molecule has 0 aromatic heterocycles. The second-order valence-electron chi connectivity index (χ2n) is 5.34. The zero-order valence-electron chi connectivity index (χ0n) is 10.1. The third-order valence-corrected chi connectivity index (χ3v) is 4.84. The Bertz CT molecular complexity index is 420. The maximum atomic E-state index is 6.54. The fourth-order valence-electron chi connectivity index (χ4n) is 3.03. The number of rotatable bonds is 2. The van der Waals surface area contributed by atoms with Crippen LogP contribution in [0.5, 0.6) is 0 Å². The molecule has 2 fully saturated rings. The number of nitrogens with zero attached hydrogens (tertiary/aromatic N) is 1. The molecule has 0 amide bonds. The monoisotopic (exact) mass is 294 g/mol. The fourth-order valence-corrected chi connectivity index (χ4v) is 3.79. The Morgan fingerprint density at radius 1 is 1.12 bits per heavy atom. The van der Waals surface area contributed by atoms with E-state index in [1.165, 1.54) is 48.1 Å². The summed E-state index contributed by atoms with van der Waals surface area (Å²) in [6.45, 7) is 2.36. The van der Waals surface area contributed by atoms with E-state index in [2.05, 4.69) is 39.0 Å². The molecule has 0 unspecified atom stereocenters. The second kappa shape index (κ2) is 4.29. The number of halogens is 1. The normalized spacial score (nSPS) is 22.6. The molecule has 2 aliphatic rings. The Balaban J connectivity index is 2.04. The largest absolute Gasteiger partial charge is 0.371 e. The minimum atomic E-state index is -0.0853. The summed E-state index contributed by atoms with van der Waals surface area (Å²) >= 11 is 3.70. The minimum Gasteiger partial charge on any atom is -0.371 e. The summed E-state index contributed by atoms with van der Waals surface area (Å²) in [6.07, 6.45) is 6.12. The zero-order chi connectivity index (χ0) is 11.9. The van der Waals surface area contributed by atoms with Crippen LogP contribution < -0.4 is 10.6 Å². The van der Waals surface area contributed by atoms with Gasteiger partial charge in [-0.15, -0.1) is 0 Å². The standard InChI is InChI=1S/C14H19BrN2/c15-11-5-3-6-12(17-9-1-2-10-17)13(11)14(16)7-4-8-14/h3,5-6H,1-2,4,7-10,16H2. The van der Waals surface area contributed by atoms with Crippen LogP contribution >= 0.6 is 15.9 Å². The summed E-state index contributed by atoms with van der Waals surface area (Å²) in [5.74, 6) is 0. The van der Waals surface area contributed by atoms with Crippen molar-refractivity contribution in [1.82, 2.24) is 0 Å². The smallest absolute Gasteiger partial charge is 0.0441 e. The molecule has 1 heterocycles. The van der Waals surface area contributed by atoms with Crippen molar-refractivity contribution in [3.8, 4) is 0 Å². The Hall–Kier alpha value is -0.540. The van der Waals surface area contributed by atoms with Crippen LogP contribution in [0.4, 0.5) is 5.69 Å². The molecule has 1 saturated carbocycles. The van der Waals surface area contributed by atoms with Crippen LogP contribution in [0.1, 0.15) is 37.7 Å². The molecular formula is C14H19BrN2. The van der Waals surface area contributed by atoms with Gasteiger partial charge in [-0.2, -0.15) is 0 Å². The average molecular weight is 295 g/mol. The molecule has 0 bridgehead atoms. The number of anilines is 1. The second-order valence-corrected chi connectivity index (χ2v) is 6.19. The highest BCUT2D eigenvalue weighted by Gasteiger charge is 2.38. The zero-order valence-corrected chi connectivity index (χ0v) is 11.7. The fraction of sp³-hybridized carbons (Fsp3) is 0.571. The van der Waals surface area contributed by atoms with E-state index < -0.39 is 0 Å². The van der Waals surface area contributed by atoms with Crippen molar-refractivity contribution in [2.45, 2.75) is 37.6 Å². The van der Waals surface area contributed by atoms with Gasteiger partial charge in [0, 0.05) is 34.4 Å². The molecule has 1 aliphatic carbocycles. The van der Waals surface area contributed by atoms with Gasteiger partial charge >= 0.3 is 0 Å². The number of nitrogens with two attached hydrogens (primary N) is 1. The molecule has 3 heteroatoms. The van der Waals surface area contributed by atoms with Crippen LogP contribution in [0.15, 0.2) is 22.7 Å². The summed E-state index contributed by atoms with van der Waals surface area (Å²) < 4.78 is 1.18. The lowest BCUT2D eigenvalue weighted by Gasteiger charge is -2.41. The van der Waals surface area contributed by atoms with Gasteiger partial charge in [0.2, 0.25) is 0 Å². The third-order valence-electron chi connectivity index (χ3n) is 4.18. The summed E-state index contributed by atoms with van der Waals surface area (Å²) in [6, 6.07) is 6.49. The number of benzene rings is 1. The van der Waals surface area contributed by atoms with Gasteiger partial charge in [0.15, 0.2) is 0 Å². The van der Waals surface area contributed by atoms with Gasteiger partial charge in [-0.3, -0.25) is 0 Å². The Kier molecular flexibility index (Phi) is 2.91. The van der Waals surface area contributed by atoms with E-state index >= 15 is 0 Å². The minimum absolute atomic E-state index is 0.0853. The first kappa shape index (κ1) is 11.5. The lowest BCUT2D eigenvalue weighted by atomic mass is 9.72.